The van der Waals surface area contributed by atoms with Gasteiger partial charge in [-0.25, -0.2) is 4.39 Å². The highest BCUT2D eigenvalue weighted by atomic mass is 35.5. The number of hydrogen-bond donors (Lipinski definition) is 1. The summed E-state index contributed by atoms with van der Waals surface area (Å²) in [7, 11) is 0. The summed E-state index contributed by atoms with van der Waals surface area (Å²) in [6, 6.07) is 16.3. The standard InChI is InChI=1S/C26H22ClF4N3O/c27-21-3-1-2-4-23(21)33-11-12-34-22-10-5-17(26(29,30)31)13-16(22)14-20(24(34)15-33)25(35)32-19-8-6-18(28)7-9-19/h1-10,13,20,24H,11-12,14-15H2,(H,32,35)/t20-,24+/m0/s1. The van der Waals surface area contributed by atoms with E-state index in [-0.39, 0.29) is 18.4 Å². The Morgan fingerprint density at radius 3 is 2.43 bits per heavy atom. The lowest BCUT2D eigenvalue weighted by atomic mass is 9.82. The summed E-state index contributed by atoms with van der Waals surface area (Å²) in [5.41, 5.74) is 1.75. The molecule has 0 aliphatic carbocycles. The normalized spacial score (nSPS) is 19.7. The Kier molecular flexibility index (Phi) is 6.09. The van der Waals surface area contributed by atoms with Crippen molar-refractivity contribution in [2.45, 2.75) is 18.6 Å². The number of carbonyl (C=O) groups excluding carboxylic acids is 1. The highest BCUT2D eigenvalue weighted by Crippen LogP contribution is 2.41. The summed E-state index contributed by atoms with van der Waals surface area (Å²) in [6.45, 7) is 1.60. The van der Waals surface area contributed by atoms with Gasteiger partial charge in [0, 0.05) is 31.0 Å². The molecule has 0 aromatic heterocycles. The van der Waals surface area contributed by atoms with Crippen LogP contribution in [0.5, 0.6) is 0 Å². The summed E-state index contributed by atoms with van der Waals surface area (Å²) in [6.07, 6.45) is -4.32. The molecule has 1 N–H and O–H groups in total. The molecule has 1 amide bonds. The predicted octanol–water partition coefficient (Wildman–Crippen LogP) is 6.00. The van der Waals surface area contributed by atoms with E-state index in [0.29, 0.717) is 41.6 Å². The van der Waals surface area contributed by atoms with E-state index in [1.54, 1.807) is 6.07 Å². The number of para-hydroxylation sites is 1. The Morgan fingerprint density at radius 2 is 1.71 bits per heavy atom. The Hall–Kier alpha value is -3.26. The topological polar surface area (TPSA) is 35.6 Å². The number of piperazine rings is 1. The van der Waals surface area contributed by atoms with E-state index in [4.69, 9.17) is 11.6 Å². The van der Waals surface area contributed by atoms with Crippen LogP contribution in [0.1, 0.15) is 11.1 Å². The van der Waals surface area contributed by atoms with Gasteiger partial charge < -0.3 is 15.1 Å². The minimum Gasteiger partial charge on any atom is -0.366 e. The molecule has 0 bridgehead atoms. The third kappa shape index (κ3) is 4.67. The first-order valence-electron chi connectivity index (χ1n) is 11.2. The van der Waals surface area contributed by atoms with Crippen LogP contribution in [0.25, 0.3) is 0 Å². The van der Waals surface area contributed by atoms with Gasteiger partial charge in [-0.1, -0.05) is 23.7 Å². The van der Waals surface area contributed by atoms with Crippen LogP contribution in [0.2, 0.25) is 5.02 Å². The number of fused-ring (bicyclic) bond motifs is 3. The Balaban J connectivity index is 1.49. The van der Waals surface area contributed by atoms with Gasteiger partial charge in [-0.05, 0) is 66.6 Å². The first-order valence-corrected chi connectivity index (χ1v) is 11.6. The Labute approximate surface area is 205 Å². The molecule has 35 heavy (non-hydrogen) atoms. The molecule has 4 nitrogen and oxygen atoms in total. The minimum atomic E-state index is -4.47. The highest BCUT2D eigenvalue weighted by molar-refractivity contribution is 6.33. The first-order chi connectivity index (χ1) is 16.7. The summed E-state index contributed by atoms with van der Waals surface area (Å²) in [5.74, 6) is -1.37. The first kappa shape index (κ1) is 23.5. The Bertz CT molecular complexity index is 1250. The van der Waals surface area contributed by atoms with Gasteiger partial charge >= 0.3 is 6.18 Å². The van der Waals surface area contributed by atoms with Crippen molar-refractivity contribution in [1.82, 2.24) is 0 Å². The number of rotatable bonds is 3. The van der Waals surface area contributed by atoms with Crippen molar-refractivity contribution in [3.05, 3.63) is 88.7 Å². The van der Waals surface area contributed by atoms with Crippen molar-refractivity contribution in [2.24, 2.45) is 5.92 Å². The number of benzene rings is 3. The molecule has 3 aromatic carbocycles. The van der Waals surface area contributed by atoms with Gasteiger partial charge in [0.15, 0.2) is 0 Å². The molecule has 1 saturated heterocycles. The molecule has 1 fully saturated rings. The van der Waals surface area contributed by atoms with Gasteiger partial charge in [-0.3, -0.25) is 4.79 Å². The maximum Gasteiger partial charge on any atom is 0.416 e. The van der Waals surface area contributed by atoms with Crippen molar-refractivity contribution in [3.63, 3.8) is 0 Å². The van der Waals surface area contributed by atoms with Crippen LogP contribution >= 0.6 is 11.6 Å². The number of carbonyl (C=O) groups is 1. The number of hydrogen-bond acceptors (Lipinski definition) is 3. The summed E-state index contributed by atoms with van der Waals surface area (Å²) in [5, 5.41) is 3.41. The van der Waals surface area contributed by atoms with Gasteiger partial charge in [-0.15, -0.1) is 0 Å². The van der Waals surface area contributed by atoms with Crippen LogP contribution in [0.4, 0.5) is 34.6 Å². The molecule has 0 unspecified atom stereocenters. The van der Waals surface area contributed by atoms with E-state index >= 15 is 0 Å². The number of anilines is 3. The van der Waals surface area contributed by atoms with Crippen LogP contribution in [0.15, 0.2) is 66.7 Å². The van der Waals surface area contributed by atoms with Crippen molar-refractivity contribution in [2.75, 3.05) is 34.8 Å². The second kappa shape index (κ2) is 9.07. The van der Waals surface area contributed by atoms with Gasteiger partial charge in [0.05, 0.1) is 28.2 Å². The molecule has 3 aromatic rings. The highest BCUT2D eigenvalue weighted by Gasteiger charge is 2.43. The van der Waals surface area contributed by atoms with Crippen LogP contribution in [0, 0.1) is 11.7 Å². The zero-order chi connectivity index (χ0) is 24.7. The summed E-state index contributed by atoms with van der Waals surface area (Å²) in [4.78, 5) is 17.5. The summed E-state index contributed by atoms with van der Waals surface area (Å²) < 4.78 is 53.5. The van der Waals surface area contributed by atoms with E-state index in [1.165, 1.54) is 30.3 Å². The van der Waals surface area contributed by atoms with E-state index in [2.05, 4.69) is 10.2 Å². The predicted molar refractivity (Wildman–Crippen MR) is 128 cm³/mol. The number of halogens is 5. The molecule has 0 spiro atoms. The summed E-state index contributed by atoms with van der Waals surface area (Å²) >= 11 is 6.42. The van der Waals surface area contributed by atoms with Crippen molar-refractivity contribution in [1.29, 1.82) is 0 Å². The van der Waals surface area contributed by atoms with E-state index in [0.717, 1.165) is 17.8 Å². The van der Waals surface area contributed by atoms with Crippen molar-refractivity contribution >= 4 is 34.6 Å². The van der Waals surface area contributed by atoms with Gasteiger partial charge in [-0.2, -0.15) is 13.2 Å². The number of alkyl halides is 3. The van der Waals surface area contributed by atoms with Gasteiger partial charge in [0.25, 0.3) is 0 Å². The molecule has 182 valence electrons. The Morgan fingerprint density at radius 1 is 0.971 bits per heavy atom. The SMILES string of the molecule is O=C(Nc1ccc(F)cc1)[C@H]1Cc2cc(C(F)(F)F)ccc2N2CCN(c3ccccc3Cl)C[C@H]12. The van der Waals surface area contributed by atoms with Gasteiger partial charge in [0.1, 0.15) is 5.82 Å². The molecular formula is C26H22ClF4N3O. The molecule has 0 saturated carbocycles. The average molecular weight is 504 g/mol. The van der Waals surface area contributed by atoms with Crippen LogP contribution in [-0.4, -0.2) is 31.6 Å². The third-order valence-electron chi connectivity index (χ3n) is 6.68. The van der Waals surface area contributed by atoms with Crippen LogP contribution in [0.3, 0.4) is 0 Å². The molecule has 2 atom stereocenters. The largest absolute Gasteiger partial charge is 0.416 e. The van der Waals surface area contributed by atoms with Crippen LogP contribution < -0.4 is 15.1 Å². The number of nitrogens with one attached hydrogen (secondary N) is 1. The fourth-order valence-electron chi connectivity index (χ4n) is 4.99. The fraction of sp³-hybridized carbons (Fsp3) is 0.269. The lowest BCUT2D eigenvalue weighted by Gasteiger charge is -2.49. The van der Waals surface area contributed by atoms with Crippen molar-refractivity contribution in [3.8, 4) is 0 Å². The molecule has 2 heterocycles. The van der Waals surface area contributed by atoms with Gasteiger partial charge in [0.2, 0.25) is 5.91 Å². The van der Waals surface area contributed by atoms with Crippen LogP contribution in [-0.2, 0) is 17.4 Å². The fourth-order valence-corrected chi connectivity index (χ4v) is 5.25. The quantitative estimate of drug-likeness (QED) is 0.445. The maximum atomic E-state index is 13.4. The number of amides is 1. The lowest BCUT2D eigenvalue weighted by molar-refractivity contribution is -0.137. The number of nitrogens with zero attached hydrogens (tertiary/aromatic N) is 2. The second-order valence-corrected chi connectivity index (χ2v) is 9.21. The maximum absolute atomic E-state index is 13.4. The second-order valence-electron chi connectivity index (χ2n) is 8.81. The van der Waals surface area contributed by atoms with E-state index in [1.807, 2.05) is 23.1 Å². The molecule has 2 aliphatic rings. The smallest absolute Gasteiger partial charge is 0.366 e. The molecule has 9 heteroatoms. The monoisotopic (exact) mass is 503 g/mol. The zero-order valence-electron chi connectivity index (χ0n) is 18.5. The molecule has 0 radical (unpaired) electrons. The minimum absolute atomic E-state index is 0.157. The molecular weight excluding hydrogens is 482 g/mol. The molecule has 2 aliphatic heterocycles. The van der Waals surface area contributed by atoms with E-state index in [9.17, 15) is 22.4 Å². The average Bonchev–Trinajstić information content (AvgIpc) is 2.84. The zero-order valence-corrected chi connectivity index (χ0v) is 19.3. The van der Waals surface area contributed by atoms with E-state index < -0.39 is 23.5 Å². The third-order valence-corrected chi connectivity index (χ3v) is 7.00. The van der Waals surface area contributed by atoms with Crippen molar-refractivity contribution < 1.29 is 22.4 Å². The molecule has 5 rings (SSSR count). The lowest BCUT2D eigenvalue weighted by Crippen LogP contribution is -2.60.